The van der Waals surface area contributed by atoms with Crippen LogP contribution < -0.4 is 15.0 Å². The van der Waals surface area contributed by atoms with Crippen molar-refractivity contribution >= 4 is 28.9 Å². The van der Waals surface area contributed by atoms with Crippen LogP contribution in [0.1, 0.15) is 6.42 Å². The van der Waals surface area contributed by atoms with Gasteiger partial charge in [-0.25, -0.2) is 0 Å². The van der Waals surface area contributed by atoms with E-state index in [0.29, 0.717) is 29.4 Å². The van der Waals surface area contributed by atoms with Crippen molar-refractivity contribution in [2.45, 2.75) is 6.42 Å². The van der Waals surface area contributed by atoms with Gasteiger partial charge in [-0.3, -0.25) is 9.69 Å². The van der Waals surface area contributed by atoms with Crippen LogP contribution in [-0.4, -0.2) is 55.7 Å². The van der Waals surface area contributed by atoms with Crippen LogP contribution in [0, 0.1) is 0 Å². The van der Waals surface area contributed by atoms with Gasteiger partial charge in [-0.15, -0.1) is 0 Å². The van der Waals surface area contributed by atoms with Gasteiger partial charge in [0.1, 0.15) is 11.5 Å². The Bertz CT molecular complexity index is 775. The smallest absolute Gasteiger partial charge is 0.225 e. The molecule has 0 radical (unpaired) electrons. The van der Waals surface area contributed by atoms with Crippen LogP contribution in [-0.2, 0) is 4.79 Å². The summed E-state index contributed by atoms with van der Waals surface area (Å²) in [5.41, 5.74) is 1.70. The number of phenolic OH excluding ortho intramolecular Hbond substituents is 1. The fraction of sp³-hybridized carbons (Fsp3) is 0.350. The molecule has 0 atom stereocenters. The van der Waals surface area contributed by atoms with E-state index < -0.39 is 0 Å². The van der Waals surface area contributed by atoms with Gasteiger partial charge in [-0.2, -0.15) is 0 Å². The van der Waals surface area contributed by atoms with E-state index >= 15 is 0 Å². The molecule has 7 heteroatoms. The van der Waals surface area contributed by atoms with Gasteiger partial charge in [0.25, 0.3) is 0 Å². The Hall–Kier alpha value is -2.44. The van der Waals surface area contributed by atoms with Crippen LogP contribution in [0.4, 0.5) is 11.4 Å². The lowest BCUT2D eigenvalue weighted by Crippen LogP contribution is -2.47. The van der Waals surface area contributed by atoms with Crippen molar-refractivity contribution in [3.63, 3.8) is 0 Å². The number of aromatic hydroxyl groups is 1. The maximum atomic E-state index is 12.3. The Morgan fingerprint density at radius 3 is 2.52 bits per heavy atom. The number of halogens is 1. The zero-order valence-corrected chi connectivity index (χ0v) is 16.1. The molecule has 6 nitrogen and oxygen atoms in total. The third-order valence-electron chi connectivity index (χ3n) is 4.68. The first kappa shape index (κ1) is 19.3. The van der Waals surface area contributed by atoms with E-state index in [0.717, 1.165) is 31.9 Å². The topological polar surface area (TPSA) is 65.0 Å². The number of hydrogen-bond acceptors (Lipinski definition) is 5. The van der Waals surface area contributed by atoms with Crippen molar-refractivity contribution in [1.29, 1.82) is 0 Å². The molecule has 2 aromatic carbocycles. The minimum atomic E-state index is -0.0588. The second-order valence-electron chi connectivity index (χ2n) is 6.49. The molecule has 1 heterocycles. The molecule has 0 aromatic heterocycles. The lowest BCUT2D eigenvalue weighted by atomic mass is 10.2. The van der Waals surface area contributed by atoms with Crippen molar-refractivity contribution in [1.82, 2.24) is 4.90 Å². The maximum Gasteiger partial charge on any atom is 0.225 e. The predicted octanol–water partition coefficient (Wildman–Crippen LogP) is 3.21. The van der Waals surface area contributed by atoms with Crippen LogP contribution in [0.25, 0.3) is 0 Å². The van der Waals surface area contributed by atoms with Crippen LogP contribution in [0.3, 0.4) is 0 Å². The van der Waals surface area contributed by atoms with Crippen molar-refractivity contribution < 1.29 is 14.6 Å². The number of rotatable bonds is 6. The molecular weight excluding hydrogens is 366 g/mol. The molecule has 2 N–H and O–H groups in total. The minimum absolute atomic E-state index is 0.0588. The second kappa shape index (κ2) is 8.97. The average molecular weight is 390 g/mol. The van der Waals surface area contributed by atoms with Gasteiger partial charge in [-0.05, 0) is 42.5 Å². The average Bonchev–Trinajstić information content (AvgIpc) is 2.68. The summed E-state index contributed by atoms with van der Waals surface area (Å²) in [4.78, 5) is 16.8. The van der Waals surface area contributed by atoms with E-state index in [1.807, 2.05) is 12.1 Å². The maximum absolute atomic E-state index is 12.3. The van der Waals surface area contributed by atoms with Crippen LogP contribution in [0.5, 0.6) is 11.5 Å². The summed E-state index contributed by atoms with van der Waals surface area (Å²) in [5.74, 6) is 0.812. The number of carbonyl (C=O) groups excluding carboxylic acids is 1. The van der Waals surface area contributed by atoms with Crippen molar-refractivity contribution in [3.8, 4) is 11.5 Å². The molecule has 1 aliphatic rings. The van der Waals surface area contributed by atoms with Crippen molar-refractivity contribution in [2.24, 2.45) is 0 Å². The number of amides is 1. The van der Waals surface area contributed by atoms with E-state index in [2.05, 4.69) is 15.1 Å². The first-order valence-corrected chi connectivity index (χ1v) is 9.32. The van der Waals surface area contributed by atoms with Gasteiger partial charge in [0.2, 0.25) is 5.91 Å². The monoisotopic (exact) mass is 389 g/mol. The highest BCUT2D eigenvalue weighted by atomic mass is 35.5. The Morgan fingerprint density at radius 1 is 1.15 bits per heavy atom. The molecule has 27 heavy (non-hydrogen) atoms. The molecule has 1 amide bonds. The normalized spacial score (nSPS) is 14.8. The standard InChI is InChI=1S/C20H24ClN3O3/c1-27-19-7-2-15(21)14-18(19)22-20(26)8-9-23-10-12-24(13-11-23)16-3-5-17(25)6-4-16/h2-7,14,25H,8-13H2,1H3,(H,22,26). The zero-order chi connectivity index (χ0) is 19.2. The fourth-order valence-electron chi connectivity index (χ4n) is 3.14. The van der Waals surface area contributed by atoms with E-state index in [1.165, 1.54) is 0 Å². The molecule has 0 unspecified atom stereocenters. The van der Waals surface area contributed by atoms with Gasteiger partial charge < -0.3 is 20.1 Å². The molecule has 2 aromatic rings. The van der Waals surface area contributed by atoms with E-state index in [-0.39, 0.29) is 11.7 Å². The van der Waals surface area contributed by atoms with E-state index in [9.17, 15) is 9.90 Å². The van der Waals surface area contributed by atoms with Crippen molar-refractivity contribution in [3.05, 3.63) is 47.5 Å². The summed E-state index contributed by atoms with van der Waals surface area (Å²) in [6.07, 6.45) is 0.412. The van der Waals surface area contributed by atoms with Gasteiger partial charge in [0, 0.05) is 49.9 Å². The number of hydrogen-bond donors (Lipinski definition) is 2. The SMILES string of the molecule is COc1ccc(Cl)cc1NC(=O)CCN1CCN(c2ccc(O)cc2)CC1. The number of nitrogens with one attached hydrogen (secondary N) is 1. The molecule has 0 saturated carbocycles. The predicted molar refractivity (Wildman–Crippen MR) is 108 cm³/mol. The summed E-state index contributed by atoms with van der Waals surface area (Å²) in [6, 6.07) is 12.4. The van der Waals surface area contributed by atoms with E-state index in [4.69, 9.17) is 16.3 Å². The van der Waals surface area contributed by atoms with Gasteiger partial charge in [0.05, 0.1) is 12.8 Å². The number of piperazine rings is 1. The first-order chi connectivity index (χ1) is 13.0. The first-order valence-electron chi connectivity index (χ1n) is 8.95. The molecule has 1 aliphatic heterocycles. The summed E-state index contributed by atoms with van der Waals surface area (Å²) in [6.45, 7) is 4.30. The van der Waals surface area contributed by atoms with Gasteiger partial charge in [-0.1, -0.05) is 11.6 Å². The highest BCUT2D eigenvalue weighted by molar-refractivity contribution is 6.31. The zero-order valence-electron chi connectivity index (χ0n) is 15.3. The number of phenols is 1. The lowest BCUT2D eigenvalue weighted by molar-refractivity contribution is -0.116. The fourth-order valence-corrected chi connectivity index (χ4v) is 3.32. The second-order valence-corrected chi connectivity index (χ2v) is 6.92. The summed E-state index contributed by atoms with van der Waals surface area (Å²) < 4.78 is 5.25. The number of methoxy groups -OCH3 is 1. The van der Waals surface area contributed by atoms with Gasteiger partial charge in [0.15, 0.2) is 0 Å². The van der Waals surface area contributed by atoms with Crippen LogP contribution in [0.15, 0.2) is 42.5 Å². The summed E-state index contributed by atoms with van der Waals surface area (Å²) in [5, 5.41) is 12.8. The Balaban J connectivity index is 1.45. The molecule has 3 rings (SSSR count). The Morgan fingerprint density at radius 2 is 1.85 bits per heavy atom. The summed E-state index contributed by atoms with van der Waals surface area (Å²) in [7, 11) is 1.56. The minimum Gasteiger partial charge on any atom is -0.508 e. The molecule has 144 valence electrons. The number of ether oxygens (including phenoxy) is 1. The molecule has 0 bridgehead atoms. The third-order valence-corrected chi connectivity index (χ3v) is 4.91. The number of nitrogens with zero attached hydrogens (tertiary/aromatic N) is 2. The quantitative estimate of drug-likeness (QED) is 0.794. The highest BCUT2D eigenvalue weighted by Gasteiger charge is 2.18. The number of benzene rings is 2. The molecular formula is C20H24ClN3O3. The highest BCUT2D eigenvalue weighted by Crippen LogP contribution is 2.27. The molecule has 1 saturated heterocycles. The molecule has 1 fully saturated rings. The number of carbonyl (C=O) groups is 1. The van der Waals surface area contributed by atoms with E-state index in [1.54, 1.807) is 37.4 Å². The Kier molecular flexibility index (Phi) is 6.42. The molecule has 0 spiro atoms. The van der Waals surface area contributed by atoms with Crippen molar-refractivity contribution in [2.75, 3.05) is 50.1 Å². The Labute approximate surface area is 164 Å². The molecule has 0 aliphatic carbocycles. The van der Waals surface area contributed by atoms with Crippen LogP contribution >= 0.6 is 11.6 Å². The lowest BCUT2D eigenvalue weighted by Gasteiger charge is -2.36. The summed E-state index contributed by atoms with van der Waals surface area (Å²) >= 11 is 6.00. The third kappa shape index (κ3) is 5.28. The van der Waals surface area contributed by atoms with Crippen LogP contribution in [0.2, 0.25) is 5.02 Å². The number of anilines is 2. The largest absolute Gasteiger partial charge is 0.508 e. The van der Waals surface area contributed by atoms with Gasteiger partial charge >= 0.3 is 0 Å².